The van der Waals surface area contributed by atoms with Crippen molar-refractivity contribution in [3.63, 3.8) is 0 Å². The summed E-state index contributed by atoms with van der Waals surface area (Å²) in [7, 11) is 1.79. The number of hydrogen-bond donors (Lipinski definition) is 1. The first-order valence-corrected chi connectivity index (χ1v) is 7.23. The standard InChI is InChI=1S/C18H22FNO/c1-12(2)14-9-8-13(3)18(10-14)21-17-7-5-6-16(19)15(17)11-20-4/h5-10,12,20H,11H2,1-4H3. The quantitative estimate of drug-likeness (QED) is 0.855. The molecule has 0 saturated heterocycles. The molecule has 0 aliphatic heterocycles. The molecule has 2 rings (SSSR count). The highest BCUT2D eigenvalue weighted by molar-refractivity contribution is 5.43. The molecule has 0 aromatic heterocycles. The van der Waals surface area contributed by atoms with Crippen LogP contribution in [0.2, 0.25) is 0 Å². The lowest BCUT2D eigenvalue weighted by Crippen LogP contribution is -2.08. The molecule has 0 fully saturated rings. The Balaban J connectivity index is 2.38. The number of hydrogen-bond acceptors (Lipinski definition) is 2. The van der Waals surface area contributed by atoms with Gasteiger partial charge in [0.1, 0.15) is 17.3 Å². The minimum atomic E-state index is -0.250. The van der Waals surface area contributed by atoms with Crippen LogP contribution in [0.5, 0.6) is 11.5 Å². The van der Waals surface area contributed by atoms with Crippen LogP contribution in [0.4, 0.5) is 4.39 Å². The number of aryl methyl sites for hydroxylation is 1. The third-order valence-corrected chi connectivity index (χ3v) is 3.53. The number of benzene rings is 2. The molecule has 0 radical (unpaired) electrons. The molecule has 0 heterocycles. The Morgan fingerprint density at radius 1 is 1.14 bits per heavy atom. The molecule has 0 bridgehead atoms. The summed E-state index contributed by atoms with van der Waals surface area (Å²) in [4.78, 5) is 0. The van der Waals surface area contributed by atoms with Crippen LogP contribution in [0.15, 0.2) is 36.4 Å². The van der Waals surface area contributed by atoms with Crippen LogP contribution in [0.3, 0.4) is 0 Å². The van der Waals surface area contributed by atoms with Gasteiger partial charge in [0.25, 0.3) is 0 Å². The topological polar surface area (TPSA) is 21.3 Å². The largest absolute Gasteiger partial charge is 0.457 e. The highest BCUT2D eigenvalue weighted by atomic mass is 19.1. The average molecular weight is 287 g/mol. The molecular formula is C18H22FNO. The Morgan fingerprint density at radius 2 is 1.90 bits per heavy atom. The van der Waals surface area contributed by atoms with Gasteiger partial charge in [-0.25, -0.2) is 4.39 Å². The fourth-order valence-electron chi connectivity index (χ4n) is 2.19. The van der Waals surface area contributed by atoms with Crippen molar-refractivity contribution in [2.75, 3.05) is 7.05 Å². The lowest BCUT2D eigenvalue weighted by Gasteiger charge is -2.15. The molecule has 1 N–H and O–H groups in total. The van der Waals surface area contributed by atoms with Crippen LogP contribution >= 0.6 is 0 Å². The summed E-state index contributed by atoms with van der Waals surface area (Å²) < 4.78 is 19.9. The first kappa shape index (κ1) is 15.5. The SMILES string of the molecule is CNCc1c(F)cccc1Oc1cc(C(C)C)ccc1C. The molecule has 0 atom stereocenters. The predicted molar refractivity (Wildman–Crippen MR) is 84.5 cm³/mol. The van der Waals surface area contributed by atoms with Gasteiger partial charge >= 0.3 is 0 Å². The Hall–Kier alpha value is -1.87. The van der Waals surface area contributed by atoms with Crippen molar-refractivity contribution in [2.24, 2.45) is 0 Å². The molecule has 0 aliphatic rings. The Labute approximate surface area is 126 Å². The first-order chi connectivity index (χ1) is 10.0. The summed E-state index contributed by atoms with van der Waals surface area (Å²) in [6, 6.07) is 11.1. The maximum Gasteiger partial charge on any atom is 0.134 e. The number of halogens is 1. The fourth-order valence-corrected chi connectivity index (χ4v) is 2.19. The molecule has 0 saturated carbocycles. The molecule has 21 heavy (non-hydrogen) atoms. The van der Waals surface area contributed by atoms with E-state index in [1.54, 1.807) is 19.2 Å². The van der Waals surface area contributed by atoms with Crippen LogP contribution < -0.4 is 10.1 Å². The minimum Gasteiger partial charge on any atom is -0.457 e. The van der Waals surface area contributed by atoms with Gasteiger partial charge in [0.05, 0.1) is 0 Å². The molecule has 0 aliphatic carbocycles. The fraction of sp³-hybridized carbons (Fsp3) is 0.333. The van der Waals surface area contributed by atoms with Crippen molar-refractivity contribution in [1.82, 2.24) is 5.32 Å². The second-order valence-electron chi connectivity index (χ2n) is 5.53. The van der Waals surface area contributed by atoms with Gasteiger partial charge in [-0.3, -0.25) is 0 Å². The maximum absolute atomic E-state index is 13.9. The average Bonchev–Trinajstić information content (AvgIpc) is 2.44. The van der Waals surface area contributed by atoms with E-state index in [-0.39, 0.29) is 5.82 Å². The predicted octanol–water partition coefficient (Wildman–Crippen LogP) is 4.77. The van der Waals surface area contributed by atoms with Crippen LogP contribution in [0, 0.1) is 12.7 Å². The summed E-state index contributed by atoms with van der Waals surface area (Å²) in [5.74, 6) is 1.52. The van der Waals surface area contributed by atoms with Gasteiger partial charge in [-0.05, 0) is 49.2 Å². The number of ether oxygens (including phenoxy) is 1. The van der Waals surface area contributed by atoms with E-state index in [1.165, 1.54) is 11.6 Å². The third-order valence-electron chi connectivity index (χ3n) is 3.53. The second-order valence-corrected chi connectivity index (χ2v) is 5.53. The summed E-state index contributed by atoms with van der Waals surface area (Å²) in [5, 5.41) is 2.98. The van der Waals surface area contributed by atoms with Crippen molar-refractivity contribution in [2.45, 2.75) is 33.2 Å². The van der Waals surface area contributed by atoms with E-state index in [9.17, 15) is 4.39 Å². The molecule has 0 amide bonds. The molecule has 0 unspecified atom stereocenters. The zero-order chi connectivity index (χ0) is 15.4. The lowest BCUT2D eigenvalue weighted by molar-refractivity contribution is 0.460. The molecule has 112 valence electrons. The van der Waals surface area contributed by atoms with Crippen molar-refractivity contribution in [3.8, 4) is 11.5 Å². The second kappa shape index (κ2) is 6.72. The minimum absolute atomic E-state index is 0.250. The third kappa shape index (κ3) is 3.61. The van der Waals surface area contributed by atoms with Gasteiger partial charge in [0, 0.05) is 12.1 Å². The molecular weight excluding hydrogens is 265 g/mol. The van der Waals surface area contributed by atoms with Gasteiger partial charge in [-0.1, -0.05) is 32.0 Å². The van der Waals surface area contributed by atoms with Crippen LogP contribution in [0.1, 0.15) is 36.5 Å². The van der Waals surface area contributed by atoms with Gasteiger partial charge in [0.2, 0.25) is 0 Å². The zero-order valence-electron chi connectivity index (χ0n) is 13.0. The van der Waals surface area contributed by atoms with E-state index in [1.807, 2.05) is 19.1 Å². The molecule has 2 nitrogen and oxygen atoms in total. The van der Waals surface area contributed by atoms with Gasteiger partial charge in [0.15, 0.2) is 0 Å². The summed E-state index contributed by atoms with van der Waals surface area (Å²) in [6.07, 6.45) is 0. The molecule has 2 aromatic carbocycles. The molecule has 3 heteroatoms. The summed E-state index contributed by atoms with van der Waals surface area (Å²) >= 11 is 0. The number of nitrogens with one attached hydrogen (secondary N) is 1. The monoisotopic (exact) mass is 287 g/mol. The first-order valence-electron chi connectivity index (χ1n) is 7.23. The Kier molecular flexibility index (Phi) is 4.97. The van der Waals surface area contributed by atoms with Gasteiger partial charge < -0.3 is 10.1 Å². The highest BCUT2D eigenvalue weighted by Gasteiger charge is 2.12. The zero-order valence-corrected chi connectivity index (χ0v) is 13.0. The molecule has 2 aromatic rings. The van der Waals surface area contributed by atoms with Gasteiger partial charge in [-0.2, -0.15) is 0 Å². The van der Waals surface area contributed by atoms with E-state index in [2.05, 4.69) is 25.2 Å². The smallest absolute Gasteiger partial charge is 0.134 e. The van der Waals surface area contributed by atoms with Gasteiger partial charge in [-0.15, -0.1) is 0 Å². The lowest BCUT2D eigenvalue weighted by atomic mass is 10.0. The summed E-state index contributed by atoms with van der Waals surface area (Å²) in [5.41, 5.74) is 2.80. The summed E-state index contributed by atoms with van der Waals surface area (Å²) in [6.45, 7) is 6.72. The number of rotatable bonds is 5. The van der Waals surface area contributed by atoms with Crippen LogP contribution in [0.25, 0.3) is 0 Å². The maximum atomic E-state index is 13.9. The van der Waals surface area contributed by atoms with Crippen molar-refractivity contribution < 1.29 is 9.13 Å². The van der Waals surface area contributed by atoms with E-state index in [0.717, 1.165) is 11.3 Å². The van der Waals surface area contributed by atoms with E-state index < -0.39 is 0 Å². The van der Waals surface area contributed by atoms with E-state index in [0.29, 0.717) is 23.8 Å². The van der Waals surface area contributed by atoms with Crippen molar-refractivity contribution >= 4 is 0 Å². The van der Waals surface area contributed by atoms with E-state index in [4.69, 9.17) is 4.74 Å². The van der Waals surface area contributed by atoms with Crippen LogP contribution in [-0.2, 0) is 6.54 Å². The van der Waals surface area contributed by atoms with Crippen LogP contribution in [-0.4, -0.2) is 7.05 Å². The van der Waals surface area contributed by atoms with Crippen molar-refractivity contribution in [3.05, 3.63) is 58.9 Å². The highest BCUT2D eigenvalue weighted by Crippen LogP contribution is 2.31. The Morgan fingerprint density at radius 3 is 2.57 bits per heavy atom. The van der Waals surface area contributed by atoms with Crippen molar-refractivity contribution in [1.29, 1.82) is 0 Å². The normalized spacial score (nSPS) is 11.0. The molecule has 0 spiro atoms. The van der Waals surface area contributed by atoms with E-state index >= 15 is 0 Å². The Bertz CT molecular complexity index is 623.